The van der Waals surface area contributed by atoms with Crippen LogP contribution in [0.2, 0.25) is 0 Å². The van der Waals surface area contributed by atoms with Crippen LogP contribution in [0.15, 0.2) is 12.1 Å². The smallest absolute Gasteiger partial charge is 0.163 e. The molecule has 0 amide bonds. The summed E-state index contributed by atoms with van der Waals surface area (Å²) in [6, 6.07) is 4.12. The molecule has 0 saturated heterocycles. The maximum absolute atomic E-state index is 4.40. The number of nitrogens with zero attached hydrogens (tertiary/aromatic N) is 2. The molecule has 0 fully saturated rings. The molecule has 1 aromatic heterocycles. The van der Waals surface area contributed by atoms with Gasteiger partial charge in [-0.25, -0.2) is 0 Å². The van der Waals surface area contributed by atoms with Crippen molar-refractivity contribution in [2.24, 2.45) is 0 Å². The van der Waals surface area contributed by atoms with Gasteiger partial charge in [-0.1, -0.05) is 0 Å². The van der Waals surface area contributed by atoms with E-state index in [1.807, 2.05) is 20.8 Å². The number of likely N-dealkylation sites (N-methyl/N-ethyl adjacent to an activating group) is 1. The maximum atomic E-state index is 4.40. The second-order valence-electron chi connectivity index (χ2n) is 3.82. The Labute approximate surface area is 86.9 Å². The summed E-state index contributed by atoms with van der Waals surface area (Å²) >= 11 is 0. The molecule has 76 valence electrons. The van der Waals surface area contributed by atoms with Gasteiger partial charge in [-0.3, -0.25) is 4.98 Å². The van der Waals surface area contributed by atoms with Crippen LogP contribution in [0.25, 0.3) is 0 Å². The third kappa shape index (κ3) is 3.38. The van der Waals surface area contributed by atoms with Gasteiger partial charge in [-0.2, -0.15) is 0 Å². The maximum Gasteiger partial charge on any atom is 0.163 e. The Balaban J connectivity index is 2.51. The molecular formula is C10H18BN3. The molecule has 1 rings (SSSR count). The fourth-order valence-electron chi connectivity index (χ4n) is 1.29. The van der Waals surface area contributed by atoms with Crippen LogP contribution in [-0.2, 0) is 0 Å². The number of hydrogen-bond donors (Lipinski definition) is 1. The normalized spacial score (nSPS) is 10.6. The second kappa shape index (κ2) is 5.01. The van der Waals surface area contributed by atoms with E-state index in [1.165, 1.54) is 0 Å². The largest absolute Gasteiger partial charge is 0.382 e. The number of anilines is 1. The Morgan fingerprint density at radius 2 is 2.14 bits per heavy atom. The molecule has 0 radical (unpaired) electrons. The lowest BCUT2D eigenvalue weighted by Gasteiger charge is -2.12. The summed E-state index contributed by atoms with van der Waals surface area (Å²) in [4.78, 5) is 6.55. The van der Waals surface area contributed by atoms with E-state index in [2.05, 4.69) is 35.4 Å². The fraction of sp³-hybridized carbons (Fsp3) is 0.500. The van der Waals surface area contributed by atoms with Crippen LogP contribution >= 0.6 is 0 Å². The van der Waals surface area contributed by atoms with E-state index in [0.29, 0.717) is 0 Å². The van der Waals surface area contributed by atoms with Crippen LogP contribution in [-0.4, -0.2) is 44.9 Å². The Hall–Kier alpha value is -1.03. The molecule has 0 aliphatic rings. The molecule has 0 aliphatic carbocycles. The van der Waals surface area contributed by atoms with Crippen molar-refractivity contribution < 1.29 is 0 Å². The van der Waals surface area contributed by atoms with Crippen LogP contribution in [0.4, 0.5) is 5.69 Å². The van der Waals surface area contributed by atoms with E-state index < -0.39 is 0 Å². The van der Waals surface area contributed by atoms with Crippen LogP contribution < -0.4 is 10.9 Å². The van der Waals surface area contributed by atoms with Crippen LogP contribution in [0.5, 0.6) is 0 Å². The Morgan fingerprint density at radius 3 is 2.71 bits per heavy atom. The lowest BCUT2D eigenvalue weighted by molar-refractivity contribution is 0.425. The minimum absolute atomic E-state index is 0.957. The number of nitrogens with one attached hydrogen (secondary N) is 1. The molecule has 14 heavy (non-hydrogen) atoms. The minimum atomic E-state index is 0.957. The average Bonchev–Trinajstić information content (AvgIpc) is 2.08. The Bertz CT molecular complexity index is 299. The quantitative estimate of drug-likeness (QED) is 0.657. The van der Waals surface area contributed by atoms with Gasteiger partial charge in [0.05, 0.1) is 11.4 Å². The highest BCUT2D eigenvalue weighted by molar-refractivity contribution is 6.30. The van der Waals surface area contributed by atoms with Crippen molar-refractivity contribution in [3.63, 3.8) is 0 Å². The molecule has 4 heteroatoms. The second-order valence-corrected chi connectivity index (χ2v) is 3.82. The first-order chi connectivity index (χ1) is 6.59. The van der Waals surface area contributed by atoms with E-state index in [9.17, 15) is 0 Å². The molecule has 1 heterocycles. The third-order valence-electron chi connectivity index (χ3n) is 2.10. The van der Waals surface area contributed by atoms with E-state index >= 15 is 0 Å². The molecule has 0 spiro atoms. The highest BCUT2D eigenvalue weighted by atomic mass is 15.1. The predicted octanol–water partition coefficient (Wildman–Crippen LogP) is -0.378. The Morgan fingerprint density at radius 1 is 1.43 bits per heavy atom. The summed E-state index contributed by atoms with van der Waals surface area (Å²) in [7, 11) is 6.15. The molecule has 0 saturated carbocycles. The summed E-state index contributed by atoms with van der Waals surface area (Å²) in [6.45, 7) is 4.02. The molecule has 0 unspecified atom stereocenters. The van der Waals surface area contributed by atoms with E-state index in [1.54, 1.807) is 0 Å². The summed E-state index contributed by atoms with van der Waals surface area (Å²) in [5.41, 5.74) is 3.28. The van der Waals surface area contributed by atoms with Crippen molar-refractivity contribution in [3.05, 3.63) is 17.8 Å². The van der Waals surface area contributed by atoms with Gasteiger partial charge in [0.15, 0.2) is 7.85 Å². The van der Waals surface area contributed by atoms with Crippen LogP contribution in [0.1, 0.15) is 5.69 Å². The zero-order valence-corrected chi connectivity index (χ0v) is 9.46. The molecule has 1 N–H and O–H groups in total. The molecular weight excluding hydrogens is 173 g/mol. The number of hydrogen-bond acceptors (Lipinski definition) is 3. The molecule has 1 aromatic rings. The molecule has 0 atom stereocenters. The van der Waals surface area contributed by atoms with Gasteiger partial charge in [-0.05, 0) is 38.7 Å². The van der Waals surface area contributed by atoms with Crippen molar-refractivity contribution in [3.8, 4) is 0 Å². The average molecular weight is 191 g/mol. The van der Waals surface area contributed by atoms with Crippen molar-refractivity contribution in [1.29, 1.82) is 0 Å². The summed E-state index contributed by atoms with van der Waals surface area (Å²) < 4.78 is 0. The zero-order valence-electron chi connectivity index (χ0n) is 9.46. The fourth-order valence-corrected chi connectivity index (χ4v) is 1.29. The molecule has 3 nitrogen and oxygen atoms in total. The van der Waals surface area contributed by atoms with Gasteiger partial charge in [0.1, 0.15) is 0 Å². The number of aryl methyl sites for hydroxylation is 1. The van der Waals surface area contributed by atoms with Gasteiger partial charge in [0.2, 0.25) is 0 Å². The van der Waals surface area contributed by atoms with Crippen molar-refractivity contribution in [2.45, 2.75) is 6.92 Å². The van der Waals surface area contributed by atoms with Gasteiger partial charge in [0.25, 0.3) is 0 Å². The number of aromatic nitrogens is 1. The van der Waals surface area contributed by atoms with Crippen LogP contribution in [0, 0.1) is 6.92 Å². The molecule has 0 bridgehead atoms. The SMILES string of the molecule is Bc1ccc(NCCN(C)C)c(C)n1. The third-order valence-corrected chi connectivity index (χ3v) is 2.10. The monoisotopic (exact) mass is 191 g/mol. The molecule has 0 aromatic carbocycles. The lowest BCUT2D eigenvalue weighted by Crippen LogP contribution is -2.21. The van der Waals surface area contributed by atoms with E-state index in [-0.39, 0.29) is 0 Å². The first-order valence-corrected chi connectivity index (χ1v) is 4.92. The topological polar surface area (TPSA) is 28.2 Å². The van der Waals surface area contributed by atoms with Crippen LogP contribution in [0.3, 0.4) is 0 Å². The van der Waals surface area contributed by atoms with Gasteiger partial charge >= 0.3 is 0 Å². The summed E-state index contributed by atoms with van der Waals surface area (Å²) in [5, 5.41) is 3.37. The van der Waals surface area contributed by atoms with Crippen molar-refractivity contribution in [1.82, 2.24) is 9.88 Å². The van der Waals surface area contributed by atoms with Gasteiger partial charge in [-0.15, -0.1) is 0 Å². The lowest BCUT2D eigenvalue weighted by atomic mass is 10.0. The first-order valence-electron chi connectivity index (χ1n) is 4.92. The zero-order chi connectivity index (χ0) is 10.6. The van der Waals surface area contributed by atoms with Gasteiger partial charge in [0, 0.05) is 13.1 Å². The highest BCUT2D eigenvalue weighted by Gasteiger charge is 1.98. The van der Waals surface area contributed by atoms with Crippen molar-refractivity contribution >= 4 is 19.1 Å². The summed E-state index contributed by atoms with van der Waals surface area (Å²) in [5.74, 6) is 0. The Kier molecular flexibility index (Phi) is 3.95. The standard InChI is InChI=1S/C10H18BN3/c1-8-9(4-5-10(11)13-8)12-6-7-14(2)3/h4-5,12H,6-7,11H2,1-3H3. The highest BCUT2D eigenvalue weighted by Crippen LogP contribution is 2.08. The summed E-state index contributed by atoms with van der Waals surface area (Å²) in [6.07, 6.45) is 0. The van der Waals surface area contributed by atoms with E-state index in [0.717, 1.165) is 30.1 Å². The van der Waals surface area contributed by atoms with Crippen molar-refractivity contribution in [2.75, 3.05) is 32.5 Å². The number of rotatable bonds is 4. The number of pyridine rings is 1. The predicted molar refractivity (Wildman–Crippen MR) is 64.2 cm³/mol. The first kappa shape index (κ1) is 11.1. The minimum Gasteiger partial charge on any atom is -0.382 e. The van der Waals surface area contributed by atoms with Gasteiger partial charge < -0.3 is 10.2 Å². The molecule has 0 aliphatic heterocycles. The van der Waals surface area contributed by atoms with E-state index in [4.69, 9.17) is 0 Å².